The topological polar surface area (TPSA) is 142 Å². The van der Waals surface area contributed by atoms with E-state index in [1.54, 1.807) is 46.5 Å². The number of methoxy groups -OCH3 is 1. The largest absolute Gasteiger partial charge is 0.493 e. The van der Waals surface area contributed by atoms with Gasteiger partial charge in [-0.2, -0.15) is 0 Å². The highest BCUT2D eigenvalue weighted by atomic mass is 35.5. The number of hydrogen-bond acceptors (Lipinski definition) is 9. The van der Waals surface area contributed by atoms with E-state index < -0.39 is 17.8 Å². The quantitative estimate of drug-likeness (QED) is 0.107. The van der Waals surface area contributed by atoms with Crippen molar-refractivity contribution in [3.63, 3.8) is 0 Å². The van der Waals surface area contributed by atoms with Gasteiger partial charge in [-0.3, -0.25) is 9.59 Å². The summed E-state index contributed by atoms with van der Waals surface area (Å²) in [4.78, 5) is 50.5. The van der Waals surface area contributed by atoms with Crippen molar-refractivity contribution < 1.29 is 34.1 Å². The number of ether oxygens (including phenoxy) is 1. The molecule has 2 amide bonds. The molecule has 0 aliphatic rings. The summed E-state index contributed by atoms with van der Waals surface area (Å²) < 4.78 is 5.48. The smallest absolute Gasteiger partial charge is 0.339 e. The van der Waals surface area contributed by atoms with Crippen LogP contribution in [0.4, 0.5) is 10.0 Å². The Morgan fingerprint density at radius 2 is 1.18 bits per heavy atom. The van der Waals surface area contributed by atoms with Crippen molar-refractivity contribution in [3.8, 4) is 38.4 Å². The monoisotopic (exact) mass is 846 g/mol. The molecule has 0 atom stereocenters. The molecule has 0 saturated heterocycles. The molecule has 4 N–H and O–H groups in total. The molecule has 9 nitrogen and oxygen atoms in total. The first-order valence-electron chi connectivity index (χ1n) is 16.1. The van der Waals surface area contributed by atoms with Crippen LogP contribution in [0.25, 0.3) is 32.7 Å². The number of hydrogen-bond donors (Lipinski definition) is 4. The van der Waals surface area contributed by atoms with Crippen molar-refractivity contribution in [2.24, 2.45) is 0 Å². The van der Waals surface area contributed by atoms with Crippen molar-refractivity contribution in [1.82, 2.24) is 0 Å². The van der Waals surface area contributed by atoms with Gasteiger partial charge in [0.15, 0.2) is 5.75 Å². The van der Waals surface area contributed by atoms with Crippen molar-refractivity contribution in [1.29, 1.82) is 0 Å². The Morgan fingerprint density at radius 1 is 0.636 bits per heavy atom. The Hall–Kier alpha value is -5.28. The summed E-state index contributed by atoms with van der Waals surface area (Å²) >= 11 is 16.8. The van der Waals surface area contributed by atoms with Crippen LogP contribution in [0.3, 0.4) is 0 Å². The number of amides is 2. The fourth-order valence-electron chi connectivity index (χ4n) is 5.33. The molecule has 3 aromatic carbocycles. The number of thiophene rings is 4. The lowest BCUT2D eigenvalue weighted by atomic mass is 10.0. The molecule has 278 valence electrons. The average molecular weight is 848 g/mol. The number of halogens is 2. The van der Waals surface area contributed by atoms with Crippen molar-refractivity contribution in [3.05, 3.63) is 144 Å². The molecule has 0 fully saturated rings. The summed E-state index contributed by atoms with van der Waals surface area (Å²) in [6.07, 6.45) is 0. The number of anilines is 2. The first-order chi connectivity index (χ1) is 26.4. The van der Waals surface area contributed by atoms with E-state index in [9.17, 15) is 29.4 Å². The zero-order valence-corrected chi connectivity index (χ0v) is 33.5. The normalized spacial score (nSPS) is 10.6. The highest BCUT2D eigenvalue weighted by molar-refractivity contribution is 7.18. The molecule has 0 bridgehead atoms. The molecule has 7 aromatic rings. The van der Waals surface area contributed by atoms with Crippen LogP contribution >= 0.6 is 68.5 Å². The molecule has 7 rings (SSSR count). The van der Waals surface area contributed by atoms with Gasteiger partial charge in [-0.1, -0.05) is 95.5 Å². The van der Waals surface area contributed by atoms with Gasteiger partial charge >= 0.3 is 11.9 Å². The average Bonchev–Trinajstić information content (AvgIpc) is 3.99. The lowest BCUT2D eigenvalue weighted by molar-refractivity contribution is 0.0688. The molecule has 55 heavy (non-hydrogen) atoms. The first-order valence-corrected chi connectivity index (χ1v) is 20.3. The standard InChI is InChI=1S/C23H17NO3S2.C17H11Cl2NO4S2/c1-14-7-9-15(10-8-14)17-13-28-22(20(17)23(26)27)24-21(25)19-12-11-18(29-19)16-5-3-2-4-6-16;1-24-13-11(7-25-14(13)19)15(21)20-16-12(17(22)23)10(6-26-16)8-2-4-9(18)5-3-8/h2-13H,1H3,(H,24,25)(H,26,27);2-7H,1H3,(H,20,21)(H,22,23). The van der Waals surface area contributed by atoms with Gasteiger partial charge in [-0.15, -0.1) is 45.3 Å². The number of aryl methyl sites for hydroxylation is 1. The van der Waals surface area contributed by atoms with Crippen LogP contribution in [0.5, 0.6) is 5.75 Å². The van der Waals surface area contributed by atoms with Crippen LogP contribution in [-0.2, 0) is 0 Å². The molecule has 0 aliphatic carbocycles. The van der Waals surface area contributed by atoms with Crippen LogP contribution in [0.1, 0.15) is 46.3 Å². The Morgan fingerprint density at radius 3 is 1.73 bits per heavy atom. The van der Waals surface area contributed by atoms with Gasteiger partial charge in [-0.25, -0.2) is 9.59 Å². The third kappa shape index (κ3) is 9.00. The lowest BCUT2D eigenvalue weighted by Gasteiger charge is -2.07. The van der Waals surface area contributed by atoms with Gasteiger partial charge in [0.2, 0.25) is 0 Å². The number of carbonyl (C=O) groups excluding carboxylic acids is 2. The summed E-state index contributed by atoms with van der Waals surface area (Å²) in [5.74, 6) is -2.73. The van der Waals surface area contributed by atoms with Gasteiger partial charge in [0.25, 0.3) is 11.8 Å². The van der Waals surface area contributed by atoms with Gasteiger partial charge < -0.3 is 25.6 Å². The Labute approximate surface area is 341 Å². The second kappa shape index (κ2) is 17.5. The van der Waals surface area contributed by atoms with E-state index in [1.807, 2.05) is 67.6 Å². The predicted molar refractivity (Wildman–Crippen MR) is 225 cm³/mol. The summed E-state index contributed by atoms with van der Waals surface area (Å²) in [6.45, 7) is 1.98. The molecule has 0 aliphatic heterocycles. The third-order valence-electron chi connectivity index (χ3n) is 8.02. The van der Waals surface area contributed by atoms with Gasteiger partial charge in [-0.05, 0) is 47.9 Å². The number of benzene rings is 3. The Kier molecular flexibility index (Phi) is 12.5. The van der Waals surface area contributed by atoms with Crippen molar-refractivity contribution in [2.75, 3.05) is 17.7 Å². The van der Waals surface area contributed by atoms with E-state index in [4.69, 9.17) is 27.9 Å². The van der Waals surface area contributed by atoms with Crippen LogP contribution < -0.4 is 15.4 Å². The van der Waals surface area contributed by atoms with Crippen LogP contribution in [0.15, 0.2) is 107 Å². The second-order valence-corrected chi connectivity index (χ2v) is 16.3. The number of aromatic carboxylic acids is 2. The molecule has 4 aromatic heterocycles. The maximum Gasteiger partial charge on any atom is 0.339 e. The van der Waals surface area contributed by atoms with Crippen molar-refractivity contribution in [2.45, 2.75) is 6.92 Å². The highest BCUT2D eigenvalue weighted by Crippen LogP contribution is 2.40. The van der Waals surface area contributed by atoms with Crippen LogP contribution in [0, 0.1) is 6.92 Å². The number of carbonyl (C=O) groups is 4. The van der Waals surface area contributed by atoms with Crippen molar-refractivity contribution >= 4 is 102 Å². The summed E-state index contributed by atoms with van der Waals surface area (Å²) in [7, 11) is 1.41. The Balaban J connectivity index is 0.000000188. The molecular formula is C40H28Cl2N2O7S4. The summed E-state index contributed by atoms with van der Waals surface area (Å²) in [6, 6.07) is 28.0. The maximum atomic E-state index is 12.7. The van der Waals surface area contributed by atoms with Gasteiger partial charge in [0.1, 0.15) is 25.5 Å². The molecule has 0 spiro atoms. The SMILES string of the molecule is COc1c(C(=O)Nc2scc(-c3ccc(Cl)cc3)c2C(=O)O)csc1Cl.Cc1ccc(-c2csc(NC(=O)c3ccc(-c4ccccc4)s3)c2C(=O)O)cc1. The van der Waals surface area contributed by atoms with E-state index in [2.05, 4.69) is 10.6 Å². The Bertz CT molecular complexity index is 2500. The zero-order valence-electron chi connectivity index (χ0n) is 28.7. The van der Waals surface area contributed by atoms with Crippen LogP contribution in [0.2, 0.25) is 9.36 Å². The molecule has 0 radical (unpaired) electrons. The maximum absolute atomic E-state index is 12.7. The van der Waals surface area contributed by atoms with E-state index in [-0.39, 0.29) is 33.3 Å². The minimum absolute atomic E-state index is 0.0194. The van der Waals surface area contributed by atoms with Gasteiger partial charge in [0, 0.05) is 37.2 Å². The second-order valence-electron chi connectivity index (χ2n) is 11.6. The zero-order chi connectivity index (χ0) is 39.2. The fourth-order valence-corrected chi connectivity index (χ4v) is 9.33. The molecule has 15 heteroatoms. The number of carboxylic acids is 2. The molecular weight excluding hydrogens is 820 g/mol. The predicted octanol–water partition coefficient (Wildman–Crippen LogP) is 12.1. The van der Waals surface area contributed by atoms with E-state index >= 15 is 0 Å². The van der Waals surface area contributed by atoms with Crippen LogP contribution in [-0.4, -0.2) is 41.1 Å². The number of carboxylic acid groups (broad SMARTS) is 2. The number of nitrogens with one attached hydrogen (secondary N) is 2. The third-order valence-corrected chi connectivity index (χ3v) is 12.4. The van der Waals surface area contributed by atoms with E-state index in [1.165, 1.54) is 29.8 Å². The molecule has 0 unspecified atom stereocenters. The van der Waals surface area contributed by atoms with Gasteiger partial charge in [0.05, 0.1) is 17.6 Å². The number of rotatable bonds is 10. The highest BCUT2D eigenvalue weighted by Gasteiger charge is 2.25. The summed E-state index contributed by atoms with van der Waals surface area (Å²) in [5.41, 5.74) is 5.14. The minimum Gasteiger partial charge on any atom is -0.493 e. The van der Waals surface area contributed by atoms with E-state index in [0.717, 1.165) is 44.2 Å². The lowest BCUT2D eigenvalue weighted by Crippen LogP contribution is -2.13. The molecule has 0 saturated carbocycles. The van der Waals surface area contributed by atoms with E-state index in [0.29, 0.717) is 35.9 Å². The molecule has 4 heterocycles. The summed E-state index contributed by atoms with van der Waals surface area (Å²) in [5, 5.41) is 30.9. The fraction of sp³-hybridized carbons (Fsp3) is 0.0500. The minimum atomic E-state index is -1.14. The first kappa shape index (κ1) is 39.4.